The van der Waals surface area contributed by atoms with Gasteiger partial charge < -0.3 is 14.8 Å². The number of carbonyl (C=O) groups is 1. The number of hydrogen-bond donors (Lipinski definition) is 1. The van der Waals surface area contributed by atoms with Gasteiger partial charge in [0.1, 0.15) is 6.54 Å². The van der Waals surface area contributed by atoms with E-state index in [9.17, 15) is 13.2 Å². The molecule has 7 nitrogen and oxygen atoms in total. The number of methoxy groups -OCH3 is 2. The molecule has 1 N–H and O–H groups in total. The van der Waals surface area contributed by atoms with Crippen molar-refractivity contribution in [3.8, 4) is 11.5 Å². The molecule has 1 aromatic carbocycles. The molecule has 0 aliphatic rings. The summed E-state index contributed by atoms with van der Waals surface area (Å²) in [5.41, 5.74) is -0.105. The smallest absolute Gasteiger partial charge is 0.241 e. The molecule has 0 atom stereocenters. The minimum absolute atomic E-state index is 0.0245. The van der Waals surface area contributed by atoms with Gasteiger partial charge in [-0.05, 0) is 37.8 Å². The Morgan fingerprint density at radius 3 is 2.07 bits per heavy atom. The Labute approximate surface area is 163 Å². The predicted octanol–water partition coefficient (Wildman–Crippen LogP) is 2.80. The van der Waals surface area contributed by atoms with Crippen molar-refractivity contribution < 1.29 is 22.7 Å². The third kappa shape index (κ3) is 7.28. The van der Waals surface area contributed by atoms with E-state index in [1.807, 2.05) is 13.8 Å². The van der Waals surface area contributed by atoms with Gasteiger partial charge in [0.25, 0.3) is 0 Å². The molecular weight excluding hydrogens is 368 g/mol. The zero-order chi connectivity index (χ0) is 21.0. The van der Waals surface area contributed by atoms with Crippen molar-refractivity contribution in [2.24, 2.45) is 5.41 Å². The van der Waals surface area contributed by atoms with Gasteiger partial charge in [0.15, 0.2) is 11.5 Å². The zero-order valence-corrected chi connectivity index (χ0v) is 18.4. The third-order valence-electron chi connectivity index (χ3n) is 3.79. The lowest BCUT2D eigenvalue weighted by Gasteiger charge is -2.34. The van der Waals surface area contributed by atoms with E-state index in [4.69, 9.17) is 9.47 Å². The van der Waals surface area contributed by atoms with Crippen LogP contribution in [0, 0.1) is 5.41 Å². The Bertz CT molecular complexity index is 767. The van der Waals surface area contributed by atoms with E-state index in [2.05, 4.69) is 26.1 Å². The van der Waals surface area contributed by atoms with Gasteiger partial charge in [-0.3, -0.25) is 9.10 Å². The molecule has 0 aromatic heterocycles. The molecule has 0 aliphatic heterocycles. The summed E-state index contributed by atoms with van der Waals surface area (Å²) >= 11 is 0. The van der Waals surface area contributed by atoms with Crippen LogP contribution in [-0.4, -0.2) is 46.9 Å². The summed E-state index contributed by atoms with van der Waals surface area (Å²) in [5, 5.41) is 2.94. The maximum atomic E-state index is 12.6. The average Bonchev–Trinajstić information content (AvgIpc) is 2.47. The van der Waals surface area contributed by atoms with Gasteiger partial charge in [0, 0.05) is 11.6 Å². The molecular formula is C19H32N2O5S. The van der Waals surface area contributed by atoms with Crippen molar-refractivity contribution in [2.45, 2.75) is 46.6 Å². The predicted molar refractivity (Wildman–Crippen MR) is 108 cm³/mol. The number of nitrogens with zero attached hydrogens (tertiary/aromatic N) is 1. The van der Waals surface area contributed by atoms with Crippen molar-refractivity contribution in [3.63, 3.8) is 0 Å². The van der Waals surface area contributed by atoms with Crippen LogP contribution < -0.4 is 19.1 Å². The maximum Gasteiger partial charge on any atom is 0.241 e. The SMILES string of the molecule is COc1ccc(N(CC(=O)NC(C)(C)CC(C)(C)C)S(C)(=O)=O)cc1OC. The number of carbonyl (C=O) groups excluding carboxylic acids is 1. The van der Waals surface area contributed by atoms with Crippen molar-refractivity contribution in [1.82, 2.24) is 5.32 Å². The van der Waals surface area contributed by atoms with Gasteiger partial charge in [0.2, 0.25) is 15.9 Å². The molecule has 0 unspecified atom stereocenters. The first-order chi connectivity index (χ1) is 12.2. The first-order valence-electron chi connectivity index (χ1n) is 8.69. The summed E-state index contributed by atoms with van der Waals surface area (Å²) in [4.78, 5) is 12.6. The van der Waals surface area contributed by atoms with Crippen molar-refractivity contribution in [1.29, 1.82) is 0 Å². The Balaban J connectivity index is 3.09. The summed E-state index contributed by atoms with van der Waals surface area (Å²) in [6.07, 6.45) is 1.82. The normalized spacial score (nSPS) is 12.4. The van der Waals surface area contributed by atoms with Crippen LogP contribution in [0.4, 0.5) is 5.69 Å². The average molecular weight is 401 g/mol. The van der Waals surface area contributed by atoms with Gasteiger partial charge in [-0.1, -0.05) is 20.8 Å². The molecule has 27 heavy (non-hydrogen) atoms. The second-order valence-corrected chi connectivity index (χ2v) is 10.4. The fourth-order valence-corrected chi connectivity index (χ4v) is 4.15. The molecule has 0 aliphatic carbocycles. The lowest BCUT2D eigenvalue weighted by Crippen LogP contribution is -2.50. The fourth-order valence-electron chi connectivity index (χ4n) is 3.30. The van der Waals surface area contributed by atoms with Crippen LogP contribution in [0.3, 0.4) is 0 Å². The van der Waals surface area contributed by atoms with Gasteiger partial charge in [-0.2, -0.15) is 0 Å². The number of hydrogen-bond acceptors (Lipinski definition) is 5. The van der Waals surface area contributed by atoms with Crippen LogP contribution in [0.2, 0.25) is 0 Å². The fraction of sp³-hybridized carbons (Fsp3) is 0.632. The van der Waals surface area contributed by atoms with Crippen LogP contribution >= 0.6 is 0 Å². The van der Waals surface area contributed by atoms with Crippen molar-refractivity contribution in [2.75, 3.05) is 31.3 Å². The Morgan fingerprint density at radius 2 is 1.63 bits per heavy atom. The second-order valence-electron chi connectivity index (χ2n) is 8.48. The van der Waals surface area contributed by atoms with E-state index in [1.54, 1.807) is 12.1 Å². The van der Waals surface area contributed by atoms with E-state index in [0.29, 0.717) is 17.2 Å². The van der Waals surface area contributed by atoms with E-state index in [0.717, 1.165) is 17.0 Å². The van der Waals surface area contributed by atoms with Crippen LogP contribution in [-0.2, 0) is 14.8 Å². The molecule has 154 valence electrons. The third-order valence-corrected chi connectivity index (χ3v) is 4.93. The number of ether oxygens (including phenoxy) is 2. The number of amides is 1. The molecule has 0 saturated carbocycles. The Hall–Kier alpha value is -1.96. The molecule has 0 spiro atoms. The van der Waals surface area contributed by atoms with Gasteiger partial charge in [-0.15, -0.1) is 0 Å². The zero-order valence-electron chi connectivity index (χ0n) is 17.5. The van der Waals surface area contributed by atoms with E-state index >= 15 is 0 Å². The molecule has 0 heterocycles. The molecule has 1 amide bonds. The molecule has 0 bridgehead atoms. The maximum absolute atomic E-state index is 12.6. The monoisotopic (exact) mass is 400 g/mol. The highest BCUT2D eigenvalue weighted by Gasteiger charge is 2.29. The molecule has 1 aromatic rings. The van der Waals surface area contributed by atoms with E-state index in [-0.39, 0.29) is 17.9 Å². The van der Waals surface area contributed by atoms with Crippen LogP contribution in [0.5, 0.6) is 11.5 Å². The van der Waals surface area contributed by atoms with Crippen LogP contribution in [0.1, 0.15) is 41.0 Å². The number of anilines is 1. The molecule has 8 heteroatoms. The van der Waals surface area contributed by atoms with Gasteiger partial charge >= 0.3 is 0 Å². The lowest BCUT2D eigenvalue weighted by molar-refractivity contribution is -0.121. The number of sulfonamides is 1. The Kier molecular flexibility index (Phi) is 7.16. The van der Waals surface area contributed by atoms with Gasteiger partial charge in [-0.25, -0.2) is 8.42 Å². The summed E-state index contributed by atoms with van der Waals surface area (Å²) in [7, 11) is -0.709. The Morgan fingerprint density at radius 1 is 1.07 bits per heavy atom. The molecule has 0 radical (unpaired) electrons. The number of nitrogens with one attached hydrogen (secondary N) is 1. The summed E-state index contributed by atoms with van der Waals surface area (Å²) in [6.45, 7) is 9.81. The highest BCUT2D eigenvalue weighted by Crippen LogP contribution is 2.32. The number of rotatable bonds is 8. The first kappa shape index (κ1) is 23.1. The first-order valence-corrected chi connectivity index (χ1v) is 10.5. The minimum Gasteiger partial charge on any atom is -0.493 e. The number of benzene rings is 1. The standard InChI is InChI=1S/C19H32N2O5S/c1-18(2,3)13-19(4,5)20-17(22)12-21(27(8,23)24)14-9-10-15(25-6)16(11-14)26-7/h9-11H,12-13H2,1-8H3,(H,20,22). The molecule has 0 fully saturated rings. The lowest BCUT2D eigenvalue weighted by atomic mass is 9.82. The van der Waals surface area contributed by atoms with Crippen molar-refractivity contribution in [3.05, 3.63) is 18.2 Å². The van der Waals surface area contributed by atoms with Crippen LogP contribution in [0.25, 0.3) is 0 Å². The minimum atomic E-state index is -3.67. The second kappa shape index (κ2) is 8.37. The highest BCUT2D eigenvalue weighted by molar-refractivity contribution is 7.92. The van der Waals surface area contributed by atoms with E-state index in [1.165, 1.54) is 20.3 Å². The molecule has 1 rings (SSSR count). The van der Waals surface area contributed by atoms with E-state index < -0.39 is 15.6 Å². The van der Waals surface area contributed by atoms with Crippen LogP contribution in [0.15, 0.2) is 18.2 Å². The highest BCUT2D eigenvalue weighted by atomic mass is 32.2. The van der Waals surface area contributed by atoms with Crippen molar-refractivity contribution >= 4 is 21.6 Å². The molecule has 0 saturated heterocycles. The summed E-state index contributed by atoms with van der Waals surface area (Å²) in [5.74, 6) is 0.493. The van der Waals surface area contributed by atoms with Gasteiger partial charge in [0.05, 0.1) is 26.2 Å². The summed E-state index contributed by atoms with van der Waals surface area (Å²) < 4.78 is 36.0. The largest absolute Gasteiger partial charge is 0.493 e. The summed E-state index contributed by atoms with van der Waals surface area (Å²) in [6, 6.07) is 4.72. The topological polar surface area (TPSA) is 84.9 Å². The quantitative estimate of drug-likeness (QED) is 0.725.